The molecule has 1 aliphatic heterocycles. The fourth-order valence-electron chi connectivity index (χ4n) is 2.25. The predicted octanol–water partition coefficient (Wildman–Crippen LogP) is 4.18. The van der Waals surface area contributed by atoms with Gasteiger partial charge in [-0.3, -0.25) is 4.79 Å². The van der Waals surface area contributed by atoms with Crippen molar-refractivity contribution >= 4 is 51.2 Å². The number of aliphatic imine (C=N–C) groups is 1. The number of halogens is 1. The molecule has 1 aromatic heterocycles. The first-order valence-electron chi connectivity index (χ1n) is 7.69. The van der Waals surface area contributed by atoms with Gasteiger partial charge in [-0.25, -0.2) is 9.79 Å². The second kappa shape index (κ2) is 7.84. The van der Waals surface area contributed by atoms with Gasteiger partial charge in [0.25, 0.3) is 0 Å². The van der Waals surface area contributed by atoms with E-state index >= 15 is 0 Å². The summed E-state index contributed by atoms with van der Waals surface area (Å²) >= 11 is 4.81. The Hall–Kier alpha value is -2.45. The molecule has 8 heteroatoms. The molecule has 0 atom stereocenters. The molecule has 26 heavy (non-hydrogen) atoms. The SMILES string of the molecule is CCOc1cc(C=C2N=C(c3cccs3)OC2=O)cc(Br)c1OC(C)=O. The molecule has 0 bridgehead atoms. The second-order valence-corrected chi connectivity index (χ2v) is 6.97. The van der Waals surface area contributed by atoms with Crippen LogP contribution in [-0.2, 0) is 14.3 Å². The third-order valence-corrected chi connectivity index (χ3v) is 4.68. The molecule has 0 radical (unpaired) electrons. The minimum atomic E-state index is -0.522. The van der Waals surface area contributed by atoms with E-state index in [1.54, 1.807) is 18.2 Å². The van der Waals surface area contributed by atoms with Crippen molar-refractivity contribution in [2.24, 2.45) is 4.99 Å². The van der Waals surface area contributed by atoms with Crippen molar-refractivity contribution in [3.63, 3.8) is 0 Å². The molecular formula is C18H14BrNO5S. The lowest BCUT2D eigenvalue weighted by molar-refractivity contribution is -0.132. The summed E-state index contributed by atoms with van der Waals surface area (Å²) in [6.07, 6.45) is 1.59. The van der Waals surface area contributed by atoms with E-state index in [4.69, 9.17) is 14.2 Å². The minimum Gasteiger partial charge on any atom is -0.490 e. The number of thiophene rings is 1. The Bertz CT molecular complexity index is 918. The molecular weight excluding hydrogens is 422 g/mol. The molecule has 1 aliphatic rings. The fourth-order valence-corrected chi connectivity index (χ4v) is 3.44. The van der Waals surface area contributed by atoms with Gasteiger partial charge in [-0.15, -0.1) is 11.3 Å². The molecule has 3 rings (SSSR count). The number of carbonyl (C=O) groups excluding carboxylic acids is 2. The molecule has 134 valence electrons. The molecule has 0 saturated carbocycles. The molecule has 0 aliphatic carbocycles. The second-order valence-electron chi connectivity index (χ2n) is 5.17. The van der Waals surface area contributed by atoms with E-state index in [9.17, 15) is 9.59 Å². The lowest BCUT2D eigenvalue weighted by Crippen LogP contribution is -2.05. The van der Waals surface area contributed by atoms with Crippen molar-refractivity contribution in [3.8, 4) is 11.5 Å². The quantitative estimate of drug-likeness (QED) is 0.400. The maximum atomic E-state index is 12.1. The molecule has 6 nitrogen and oxygen atoms in total. The number of carbonyl (C=O) groups is 2. The highest BCUT2D eigenvalue weighted by molar-refractivity contribution is 9.10. The number of nitrogens with zero attached hydrogens (tertiary/aromatic N) is 1. The standard InChI is InChI=1S/C18H14BrNO5S/c1-3-23-14-9-11(7-12(19)16(14)24-10(2)21)8-13-18(22)25-17(20-13)15-5-4-6-26-15/h4-9H,3H2,1-2H3. The molecule has 0 saturated heterocycles. The summed E-state index contributed by atoms with van der Waals surface area (Å²) < 4.78 is 16.5. The van der Waals surface area contributed by atoms with Crippen LogP contribution in [0.5, 0.6) is 11.5 Å². The van der Waals surface area contributed by atoms with E-state index in [1.807, 2.05) is 24.4 Å². The Kier molecular flexibility index (Phi) is 5.53. The van der Waals surface area contributed by atoms with Crippen molar-refractivity contribution in [1.82, 2.24) is 0 Å². The summed E-state index contributed by atoms with van der Waals surface area (Å²) in [4.78, 5) is 28.4. The number of cyclic esters (lactones) is 1. The Morgan fingerprint density at radius 1 is 1.42 bits per heavy atom. The van der Waals surface area contributed by atoms with Crippen LogP contribution in [0.2, 0.25) is 0 Å². The Balaban J connectivity index is 1.97. The summed E-state index contributed by atoms with van der Waals surface area (Å²) in [5, 5.41) is 1.88. The molecule has 0 amide bonds. The van der Waals surface area contributed by atoms with Crippen LogP contribution in [0.3, 0.4) is 0 Å². The van der Waals surface area contributed by atoms with Crippen LogP contribution < -0.4 is 9.47 Å². The third-order valence-electron chi connectivity index (χ3n) is 3.23. The average Bonchev–Trinajstić information content (AvgIpc) is 3.21. The van der Waals surface area contributed by atoms with Gasteiger partial charge in [0, 0.05) is 6.92 Å². The summed E-state index contributed by atoms with van der Waals surface area (Å²) in [7, 11) is 0. The van der Waals surface area contributed by atoms with Crippen LogP contribution in [0.1, 0.15) is 24.3 Å². The summed E-state index contributed by atoms with van der Waals surface area (Å²) in [6.45, 7) is 3.53. The fraction of sp³-hybridized carbons (Fsp3) is 0.167. The van der Waals surface area contributed by atoms with Gasteiger partial charge in [0.05, 0.1) is 16.0 Å². The molecule has 0 spiro atoms. The van der Waals surface area contributed by atoms with E-state index in [2.05, 4.69) is 20.9 Å². The number of ether oxygens (including phenoxy) is 3. The number of rotatable bonds is 5. The number of esters is 2. The molecule has 0 unspecified atom stereocenters. The Morgan fingerprint density at radius 2 is 2.23 bits per heavy atom. The monoisotopic (exact) mass is 435 g/mol. The van der Waals surface area contributed by atoms with Gasteiger partial charge in [-0.1, -0.05) is 6.07 Å². The van der Waals surface area contributed by atoms with Crippen molar-refractivity contribution in [1.29, 1.82) is 0 Å². The van der Waals surface area contributed by atoms with Gasteiger partial charge in [0.1, 0.15) is 0 Å². The highest BCUT2D eigenvalue weighted by atomic mass is 79.9. The summed E-state index contributed by atoms with van der Waals surface area (Å²) in [5.74, 6) is -0.0123. The van der Waals surface area contributed by atoms with Crippen LogP contribution in [0.25, 0.3) is 6.08 Å². The maximum Gasteiger partial charge on any atom is 0.363 e. The predicted molar refractivity (Wildman–Crippen MR) is 102 cm³/mol. The molecule has 1 aromatic carbocycles. The topological polar surface area (TPSA) is 74.2 Å². The third kappa shape index (κ3) is 4.03. The van der Waals surface area contributed by atoms with Gasteiger partial charge in [0.15, 0.2) is 17.2 Å². The number of hydrogen-bond acceptors (Lipinski definition) is 7. The zero-order valence-electron chi connectivity index (χ0n) is 13.9. The smallest absolute Gasteiger partial charge is 0.363 e. The first kappa shape index (κ1) is 18.3. The molecule has 0 N–H and O–H groups in total. The van der Waals surface area contributed by atoms with E-state index in [1.165, 1.54) is 18.3 Å². The summed E-state index contributed by atoms with van der Waals surface area (Å²) in [5.41, 5.74) is 0.836. The van der Waals surface area contributed by atoms with Gasteiger partial charge in [0.2, 0.25) is 5.90 Å². The summed E-state index contributed by atoms with van der Waals surface area (Å²) in [6, 6.07) is 7.07. The van der Waals surface area contributed by atoms with E-state index in [0.717, 1.165) is 4.88 Å². The van der Waals surface area contributed by atoms with Crippen LogP contribution >= 0.6 is 27.3 Å². The van der Waals surface area contributed by atoms with Crippen molar-refractivity contribution in [2.75, 3.05) is 6.61 Å². The Morgan fingerprint density at radius 3 is 2.88 bits per heavy atom. The maximum absolute atomic E-state index is 12.1. The minimum absolute atomic E-state index is 0.183. The van der Waals surface area contributed by atoms with Crippen LogP contribution in [0.4, 0.5) is 0 Å². The molecule has 2 aromatic rings. The van der Waals surface area contributed by atoms with Crippen molar-refractivity contribution < 1.29 is 23.8 Å². The lowest BCUT2D eigenvalue weighted by Gasteiger charge is -2.12. The molecule has 0 fully saturated rings. The first-order valence-corrected chi connectivity index (χ1v) is 9.36. The zero-order chi connectivity index (χ0) is 18.7. The van der Waals surface area contributed by atoms with Gasteiger partial charge in [-0.2, -0.15) is 0 Å². The van der Waals surface area contributed by atoms with Gasteiger partial charge in [-0.05, 0) is 58.1 Å². The largest absolute Gasteiger partial charge is 0.490 e. The van der Waals surface area contributed by atoms with Gasteiger partial charge < -0.3 is 14.2 Å². The normalized spacial score (nSPS) is 15.0. The van der Waals surface area contributed by atoms with E-state index < -0.39 is 11.9 Å². The highest BCUT2D eigenvalue weighted by Crippen LogP contribution is 2.38. The van der Waals surface area contributed by atoms with Crippen LogP contribution in [-0.4, -0.2) is 24.4 Å². The number of hydrogen-bond donors (Lipinski definition) is 0. The van der Waals surface area contributed by atoms with Crippen LogP contribution in [0.15, 0.2) is 44.8 Å². The Labute approximate surface area is 162 Å². The van der Waals surface area contributed by atoms with E-state index in [0.29, 0.717) is 28.1 Å². The van der Waals surface area contributed by atoms with Crippen LogP contribution in [0, 0.1) is 0 Å². The number of benzene rings is 1. The lowest BCUT2D eigenvalue weighted by atomic mass is 10.1. The van der Waals surface area contributed by atoms with Crippen molar-refractivity contribution in [2.45, 2.75) is 13.8 Å². The van der Waals surface area contributed by atoms with Gasteiger partial charge >= 0.3 is 11.9 Å². The average molecular weight is 436 g/mol. The zero-order valence-corrected chi connectivity index (χ0v) is 16.3. The first-order chi connectivity index (χ1) is 12.5. The molecule has 2 heterocycles. The van der Waals surface area contributed by atoms with E-state index in [-0.39, 0.29) is 11.6 Å². The highest BCUT2D eigenvalue weighted by Gasteiger charge is 2.25. The van der Waals surface area contributed by atoms with Crippen molar-refractivity contribution in [3.05, 3.63) is 50.3 Å².